The topological polar surface area (TPSA) is 101 Å². The summed E-state index contributed by atoms with van der Waals surface area (Å²) in [4.78, 5) is 42.4. The number of anilines is 1. The standard InChI is InChI=1S/C18H15N5O3S/c24-15(5-7-22-8-6-16(25)21-17(22)26)19-13-3-1-12(2-4-13)14-11-23-9-10-27-18(23)20-14/h1-4,6,8-11H,5,7H2,(H,19,24)(H,21,25,26). The molecule has 0 fully saturated rings. The van der Waals surface area contributed by atoms with Crippen LogP contribution >= 0.6 is 11.3 Å². The molecule has 0 saturated heterocycles. The van der Waals surface area contributed by atoms with Crippen LogP contribution in [0.25, 0.3) is 16.2 Å². The molecule has 0 aliphatic heterocycles. The van der Waals surface area contributed by atoms with Crippen LogP contribution in [0.5, 0.6) is 0 Å². The Morgan fingerprint density at radius 3 is 2.70 bits per heavy atom. The van der Waals surface area contributed by atoms with Crippen LogP contribution in [-0.4, -0.2) is 24.8 Å². The molecule has 0 atom stereocenters. The number of hydrogen-bond donors (Lipinski definition) is 2. The first-order chi connectivity index (χ1) is 13.1. The zero-order valence-corrected chi connectivity index (χ0v) is 14.9. The van der Waals surface area contributed by atoms with Crippen molar-refractivity contribution in [1.29, 1.82) is 0 Å². The molecule has 3 heterocycles. The predicted octanol–water partition coefficient (Wildman–Crippen LogP) is 1.94. The van der Waals surface area contributed by atoms with Gasteiger partial charge in [-0.3, -0.25) is 19.0 Å². The molecule has 2 N–H and O–H groups in total. The first kappa shape index (κ1) is 17.0. The Morgan fingerprint density at radius 1 is 1.15 bits per heavy atom. The largest absolute Gasteiger partial charge is 0.328 e. The summed E-state index contributed by atoms with van der Waals surface area (Å²) in [7, 11) is 0. The summed E-state index contributed by atoms with van der Waals surface area (Å²) in [6.07, 6.45) is 5.41. The van der Waals surface area contributed by atoms with E-state index >= 15 is 0 Å². The van der Waals surface area contributed by atoms with E-state index in [-0.39, 0.29) is 18.9 Å². The fourth-order valence-corrected chi connectivity index (χ4v) is 3.36. The van der Waals surface area contributed by atoms with Gasteiger partial charge >= 0.3 is 5.69 Å². The minimum absolute atomic E-state index is 0.116. The van der Waals surface area contributed by atoms with Crippen LogP contribution in [0.3, 0.4) is 0 Å². The lowest BCUT2D eigenvalue weighted by Crippen LogP contribution is -2.29. The van der Waals surface area contributed by atoms with Crippen molar-refractivity contribution < 1.29 is 4.79 Å². The summed E-state index contributed by atoms with van der Waals surface area (Å²) in [5.41, 5.74) is 1.51. The van der Waals surface area contributed by atoms with E-state index in [0.717, 1.165) is 16.2 Å². The lowest BCUT2D eigenvalue weighted by atomic mass is 10.1. The van der Waals surface area contributed by atoms with Gasteiger partial charge in [0, 0.05) is 54.3 Å². The van der Waals surface area contributed by atoms with Gasteiger partial charge in [0.05, 0.1) is 5.69 Å². The molecule has 136 valence electrons. The first-order valence-electron chi connectivity index (χ1n) is 8.21. The number of thiazole rings is 1. The number of rotatable bonds is 5. The Bertz CT molecular complexity index is 1190. The second-order valence-electron chi connectivity index (χ2n) is 5.90. The first-order valence-corrected chi connectivity index (χ1v) is 9.09. The molecule has 0 spiro atoms. The Hall–Kier alpha value is -3.46. The van der Waals surface area contributed by atoms with E-state index in [4.69, 9.17) is 0 Å². The van der Waals surface area contributed by atoms with Gasteiger partial charge in [0.1, 0.15) is 0 Å². The van der Waals surface area contributed by atoms with Gasteiger partial charge in [0.15, 0.2) is 4.96 Å². The molecule has 27 heavy (non-hydrogen) atoms. The number of amides is 1. The van der Waals surface area contributed by atoms with Gasteiger partial charge in [-0.2, -0.15) is 0 Å². The highest BCUT2D eigenvalue weighted by molar-refractivity contribution is 7.15. The van der Waals surface area contributed by atoms with Crippen LogP contribution in [-0.2, 0) is 11.3 Å². The molecule has 0 radical (unpaired) electrons. The van der Waals surface area contributed by atoms with Gasteiger partial charge in [0.25, 0.3) is 5.56 Å². The Morgan fingerprint density at radius 2 is 1.96 bits per heavy atom. The quantitative estimate of drug-likeness (QED) is 0.552. The fourth-order valence-electron chi connectivity index (χ4n) is 2.66. The lowest BCUT2D eigenvalue weighted by molar-refractivity contribution is -0.116. The van der Waals surface area contributed by atoms with Crippen LogP contribution in [0.4, 0.5) is 5.69 Å². The molecule has 4 aromatic rings. The van der Waals surface area contributed by atoms with E-state index in [1.807, 2.05) is 46.4 Å². The highest BCUT2D eigenvalue weighted by Gasteiger charge is 2.07. The maximum absolute atomic E-state index is 12.1. The molecule has 0 aliphatic carbocycles. The van der Waals surface area contributed by atoms with Crippen LogP contribution in [0.15, 0.2) is 63.9 Å². The van der Waals surface area contributed by atoms with Crippen molar-refractivity contribution in [3.8, 4) is 11.3 Å². The van der Waals surface area contributed by atoms with Crippen molar-refractivity contribution in [2.24, 2.45) is 0 Å². The number of carbonyl (C=O) groups excluding carboxylic acids is 1. The molecule has 1 amide bonds. The van der Waals surface area contributed by atoms with Gasteiger partial charge < -0.3 is 9.88 Å². The number of aromatic nitrogens is 4. The SMILES string of the molecule is O=C(CCn1ccc(=O)[nH]c1=O)Nc1ccc(-c2cn3ccsc3n2)cc1. The number of nitrogens with zero attached hydrogens (tertiary/aromatic N) is 3. The summed E-state index contributed by atoms with van der Waals surface area (Å²) >= 11 is 1.57. The van der Waals surface area contributed by atoms with Crippen LogP contribution in [0.1, 0.15) is 6.42 Å². The molecule has 8 nitrogen and oxygen atoms in total. The van der Waals surface area contributed by atoms with E-state index in [0.29, 0.717) is 5.69 Å². The monoisotopic (exact) mass is 381 g/mol. The van der Waals surface area contributed by atoms with E-state index in [1.165, 1.54) is 16.8 Å². The minimum Gasteiger partial charge on any atom is -0.326 e. The Kier molecular flexibility index (Phi) is 4.43. The highest BCUT2D eigenvalue weighted by Crippen LogP contribution is 2.23. The Balaban J connectivity index is 1.39. The third-order valence-corrected chi connectivity index (χ3v) is 4.81. The van der Waals surface area contributed by atoms with Gasteiger partial charge in [-0.1, -0.05) is 12.1 Å². The number of H-pyrrole nitrogens is 1. The number of imidazole rings is 1. The maximum atomic E-state index is 12.1. The zero-order valence-electron chi connectivity index (χ0n) is 14.1. The van der Waals surface area contributed by atoms with Crippen LogP contribution in [0, 0.1) is 0 Å². The zero-order chi connectivity index (χ0) is 18.8. The van der Waals surface area contributed by atoms with Gasteiger partial charge in [0.2, 0.25) is 5.91 Å². The predicted molar refractivity (Wildman–Crippen MR) is 103 cm³/mol. The molecular weight excluding hydrogens is 366 g/mol. The summed E-state index contributed by atoms with van der Waals surface area (Å²) in [6, 6.07) is 8.67. The van der Waals surface area contributed by atoms with Crippen molar-refractivity contribution in [3.05, 3.63) is 75.1 Å². The number of aryl methyl sites for hydroxylation is 1. The molecule has 0 aliphatic rings. The van der Waals surface area contributed by atoms with Crippen LogP contribution in [0.2, 0.25) is 0 Å². The third-order valence-electron chi connectivity index (χ3n) is 4.03. The van der Waals surface area contributed by atoms with Crippen molar-refractivity contribution in [2.45, 2.75) is 13.0 Å². The molecule has 0 saturated carbocycles. The number of benzene rings is 1. The number of nitrogens with one attached hydrogen (secondary N) is 2. The highest BCUT2D eigenvalue weighted by atomic mass is 32.1. The smallest absolute Gasteiger partial charge is 0.326 e. The van der Waals surface area contributed by atoms with E-state index in [2.05, 4.69) is 15.3 Å². The van der Waals surface area contributed by atoms with E-state index < -0.39 is 11.2 Å². The fraction of sp³-hybridized carbons (Fsp3) is 0.111. The number of carbonyl (C=O) groups is 1. The van der Waals surface area contributed by atoms with Gasteiger partial charge in [-0.05, 0) is 12.1 Å². The van der Waals surface area contributed by atoms with Crippen molar-refractivity contribution in [1.82, 2.24) is 18.9 Å². The van der Waals surface area contributed by atoms with Crippen molar-refractivity contribution in [2.75, 3.05) is 5.32 Å². The summed E-state index contributed by atoms with van der Waals surface area (Å²) < 4.78 is 3.25. The van der Waals surface area contributed by atoms with Crippen molar-refractivity contribution in [3.63, 3.8) is 0 Å². The van der Waals surface area contributed by atoms with Crippen molar-refractivity contribution >= 4 is 27.9 Å². The minimum atomic E-state index is -0.528. The normalized spacial score (nSPS) is 11.0. The number of hydrogen-bond acceptors (Lipinski definition) is 5. The van der Waals surface area contributed by atoms with E-state index in [9.17, 15) is 14.4 Å². The summed E-state index contributed by atoms with van der Waals surface area (Å²) in [6.45, 7) is 0.185. The molecule has 9 heteroatoms. The second kappa shape index (κ2) is 7.04. The molecule has 0 unspecified atom stereocenters. The number of aromatic amines is 1. The maximum Gasteiger partial charge on any atom is 0.328 e. The second-order valence-corrected chi connectivity index (χ2v) is 6.77. The van der Waals surface area contributed by atoms with Gasteiger partial charge in [-0.15, -0.1) is 11.3 Å². The molecule has 3 aromatic heterocycles. The average molecular weight is 381 g/mol. The van der Waals surface area contributed by atoms with Crippen LogP contribution < -0.4 is 16.6 Å². The molecule has 4 rings (SSSR count). The average Bonchev–Trinajstić information content (AvgIpc) is 3.23. The lowest BCUT2D eigenvalue weighted by Gasteiger charge is -2.07. The summed E-state index contributed by atoms with van der Waals surface area (Å²) in [5.74, 6) is -0.219. The number of fused-ring (bicyclic) bond motifs is 1. The molecule has 0 bridgehead atoms. The van der Waals surface area contributed by atoms with Gasteiger partial charge in [-0.25, -0.2) is 9.78 Å². The third kappa shape index (κ3) is 3.72. The van der Waals surface area contributed by atoms with E-state index in [1.54, 1.807) is 11.3 Å². The Labute approximate surface area is 156 Å². The molecule has 1 aromatic carbocycles. The molecular formula is C18H15N5O3S. The summed E-state index contributed by atoms with van der Waals surface area (Å²) in [5, 5.41) is 4.77.